The van der Waals surface area contributed by atoms with Crippen LogP contribution in [0.3, 0.4) is 0 Å². The molecule has 0 aliphatic rings. The molecule has 180 valence electrons. The van der Waals surface area contributed by atoms with Crippen molar-refractivity contribution in [2.45, 2.75) is 39.3 Å². The van der Waals surface area contributed by atoms with Gasteiger partial charge in [0.1, 0.15) is 6.04 Å². The van der Waals surface area contributed by atoms with Crippen LogP contribution < -0.4 is 9.62 Å². The number of nitrogens with zero attached hydrogens (tertiary/aromatic N) is 2. The fourth-order valence-electron chi connectivity index (χ4n) is 3.41. The number of benzene rings is 2. The van der Waals surface area contributed by atoms with Crippen molar-refractivity contribution in [3.05, 3.63) is 65.2 Å². The van der Waals surface area contributed by atoms with E-state index in [1.165, 1.54) is 18.0 Å². The van der Waals surface area contributed by atoms with Crippen LogP contribution in [0.5, 0.6) is 0 Å². The zero-order valence-corrected chi connectivity index (χ0v) is 20.0. The summed E-state index contributed by atoms with van der Waals surface area (Å²) in [5.74, 6) is -2.90. The maximum absolute atomic E-state index is 13.6. The van der Waals surface area contributed by atoms with E-state index in [9.17, 15) is 26.8 Å². The summed E-state index contributed by atoms with van der Waals surface area (Å²) in [6.45, 7) is 3.65. The number of aryl methyl sites for hydroxylation is 1. The highest BCUT2D eigenvalue weighted by molar-refractivity contribution is 7.92. The minimum absolute atomic E-state index is 0.0284. The van der Waals surface area contributed by atoms with Gasteiger partial charge >= 0.3 is 0 Å². The fourth-order valence-corrected chi connectivity index (χ4v) is 4.36. The minimum atomic E-state index is -3.80. The van der Waals surface area contributed by atoms with Crippen molar-refractivity contribution in [2.75, 3.05) is 24.2 Å². The Labute approximate surface area is 193 Å². The Hall–Kier alpha value is -3.01. The molecule has 33 heavy (non-hydrogen) atoms. The summed E-state index contributed by atoms with van der Waals surface area (Å²) < 4.78 is 52.2. The average molecular weight is 482 g/mol. The van der Waals surface area contributed by atoms with Gasteiger partial charge in [0.2, 0.25) is 21.8 Å². The number of sulfonamides is 1. The molecule has 0 aromatic heterocycles. The van der Waals surface area contributed by atoms with E-state index < -0.39 is 27.7 Å². The lowest BCUT2D eigenvalue weighted by atomic mass is 10.1. The number of halogens is 2. The maximum Gasteiger partial charge on any atom is 0.242 e. The molecule has 2 amide bonds. The molecular formula is C23H29F2N3O4S. The maximum atomic E-state index is 13.6. The Morgan fingerprint density at radius 2 is 1.76 bits per heavy atom. The number of rotatable bonds is 10. The predicted octanol–water partition coefficient (Wildman–Crippen LogP) is 2.98. The standard InChI is InChI=1S/C23H29F2N3O4S/c1-16-8-5-6-9-18(16)15-27(17(2)23(30)26-3)22(29)10-7-13-28(33(4,31)32)19-11-12-20(24)21(25)14-19/h5-6,8-9,11-12,14,17H,7,10,13,15H2,1-4H3,(H,26,30). The van der Waals surface area contributed by atoms with Crippen molar-refractivity contribution in [1.82, 2.24) is 10.2 Å². The first-order chi connectivity index (χ1) is 15.5. The topological polar surface area (TPSA) is 86.8 Å². The third kappa shape index (κ3) is 6.98. The van der Waals surface area contributed by atoms with Crippen molar-refractivity contribution in [2.24, 2.45) is 0 Å². The van der Waals surface area contributed by atoms with E-state index in [2.05, 4.69) is 5.32 Å². The number of anilines is 1. The molecular weight excluding hydrogens is 452 g/mol. The molecule has 1 unspecified atom stereocenters. The summed E-state index contributed by atoms with van der Waals surface area (Å²) in [7, 11) is -2.31. The lowest BCUT2D eigenvalue weighted by molar-refractivity contribution is -0.140. The lowest BCUT2D eigenvalue weighted by Crippen LogP contribution is -2.47. The largest absolute Gasteiger partial charge is 0.357 e. The van der Waals surface area contributed by atoms with Crippen LogP contribution in [0.15, 0.2) is 42.5 Å². The highest BCUT2D eigenvalue weighted by Gasteiger charge is 2.26. The molecule has 1 atom stereocenters. The van der Waals surface area contributed by atoms with Crippen LogP contribution in [0.4, 0.5) is 14.5 Å². The molecule has 10 heteroatoms. The molecule has 2 rings (SSSR count). The predicted molar refractivity (Wildman–Crippen MR) is 123 cm³/mol. The Bertz CT molecular complexity index is 1110. The van der Waals surface area contributed by atoms with Gasteiger partial charge in [0.25, 0.3) is 0 Å². The molecule has 0 saturated carbocycles. The van der Waals surface area contributed by atoms with Gasteiger partial charge in [-0.25, -0.2) is 17.2 Å². The second kappa shape index (κ2) is 11.2. The van der Waals surface area contributed by atoms with Crippen LogP contribution in [0.1, 0.15) is 30.9 Å². The number of hydrogen-bond acceptors (Lipinski definition) is 4. The van der Waals surface area contributed by atoms with Gasteiger partial charge in [-0.15, -0.1) is 0 Å². The first-order valence-electron chi connectivity index (χ1n) is 10.4. The quantitative estimate of drug-likeness (QED) is 0.565. The number of carbonyl (C=O) groups excluding carboxylic acids is 2. The number of amides is 2. The summed E-state index contributed by atoms with van der Waals surface area (Å²) in [5.41, 5.74) is 1.83. The van der Waals surface area contributed by atoms with Crippen LogP contribution in [0.2, 0.25) is 0 Å². The molecule has 0 heterocycles. The Kier molecular flexibility index (Phi) is 8.92. The summed E-state index contributed by atoms with van der Waals surface area (Å²) in [5, 5.41) is 2.54. The van der Waals surface area contributed by atoms with E-state index in [-0.39, 0.29) is 43.4 Å². The summed E-state index contributed by atoms with van der Waals surface area (Å²) in [6.07, 6.45) is 1.03. The third-order valence-corrected chi connectivity index (χ3v) is 6.55. The Balaban J connectivity index is 2.17. The number of carbonyl (C=O) groups is 2. The highest BCUT2D eigenvalue weighted by Crippen LogP contribution is 2.22. The Morgan fingerprint density at radius 1 is 1.09 bits per heavy atom. The zero-order valence-electron chi connectivity index (χ0n) is 19.1. The monoisotopic (exact) mass is 481 g/mol. The number of likely N-dealkylation sites (N-methyl/N-ethyl adjacent to an activating group) is 1. The SMILES string of the molecule is CNC(=O)C(C)N(Cc1ccccc1C)C(=O)CCCN(c1ccc(F)c(F)c1)S(C)(=O)=O. The van der Waals surface area contributed by atoms with Crippen LogP contribution in [0, 0.1) is 18.6 Å². The van der Waals surface area contributed by atoms with Gasteiger partial charge in [0.15, 0.2) is 11.6 Å². The average Bonchev–Trinajstić information content (AvgIpc) is 2.76. The molecule has 0 radical (unpaired) electrons. The molecule has 0 bridgehead atoms. The normalized spacial score (nSPS) is 12.2. The molecule has 0 spiro atoms. The highest BCUT2D eigenvalue weighted by atomic mass is 32.2. The summed E-state index contributed by atoms with van der Waals surface area (Å²) in [4.78, 5) is 26.7. The van der Waals surface area contributed by atoms with Crippen molar-refractivity contribution in [3.63, 3.8) is 0 Å². The second-order valence-electron chi connectivity index (χ2n) is 7.78. The third-order valence-electron chi connectivity index (χ3n) is 5.36. The minimum Gasteiger partial charge on any atom is -0.357 e. The number of nitrogens with one attached hydrogen (secondary N) is 1. The van der Waals surface area contributed by atoms with Gasteiger partial charge in [-0.1, -0.05) is 24.3 Å². The second-order valence-corrected chi connectivity index (χ2v) is 9.68. The van der Waals surface area contributed by atoms with Crippen molar-refractivity contribution < 1.29 is 26.8 Å². The number of hydrogen-bond donors (Lipinski definition) is 1. The van der Waals surface area contributed by atoms with Gasteiger partial charge in [-0.2, -0.15) is 0 Å². The van der Waals surface area contributed by atoms with E-state index in [0.717, 1.165) is 33.8 Å². The van der Waals surface area contributed by atoms with Gasteiger partial charge in [-0.3, -0.25) is 13.9 Å². The summed E-state index contributed by atoms with van der Waals surface area (Å²) >= 11 is 0. The summed E-state index contributed by atoms with van der Waals surface area (Å²) in [6, 6.07) is 9.60. The zero-order chi connectivity index (χ0) is 24.8. The first-order valence-corrected chi connectivity index (χ1v) is 12.3. The van der Waals surface area contributed by atoms with E-state index in [4.69, 9.17) is 0 Å². The molecule has 2 aromatic carbocycles. The van der Waals surface area contributed by atoms with Gasteiger partial charge < -0.3 is 10.2 Å². The van der Waals surface area contributed by atoms with Crippen LogP contribution in [-0.2, 0) is 26.2 Å². The molecule has 0 aliphatic carbocycles. The van der Waals surface area contributed by atoms with E-state index in [0.29, 0.717) is 0 Å². The van der Waals surface area contributed by atoms with Gasteiger partial charge in [0.05, 0.1) is 11.9 Å². The van der Waals surface area contributed by atoms with E-state index >= 15 is 0 Å². The van der Waals surface area contributed by atoms with Crippen LogP contribution >= 0.6 is 0 Å². The van der Waals surface area contributed by atoms with Crippen molar-refractivity contribution in [1.29, 1.82) is 0 Å². The van der Waals surface area contributed by atoms with Crippen LogP contribution in [-0.4, -0.2) is 51.0 Å². The molecule has 7 nitrogen and oxygen atoms in total. The Morgan fingerprint density at radius 3 is 2.33 bits per heavy atom. The molecule has 0 saturated heterocycles. The van der Waals surface area contributed by atoms with E-state index in [1.807, 2.05) is 31.2 Å². The van der Waals surface area contributed by atoms with Gasteiger partial charge in [0, 0.05) is 32.6 Å². The lowest BCUT2D eigenvalue weighted by Gasteiger charge is -2.29. The molecule has 2 aromatic rings. The smallest absolute Gasteiger partial charge is 0.242 e. The van der Waals surface area contributed by atoms with Crippen molar-refractivity contribution in [3.8, 4) is 0 Å². The molecule has 0 aliphatic heterocycles. The van der Waals surface area contributed by atoms with E-state index in [1.54, 1.807) is 6.92 Å². The van der Waals surface area contributed by atoms with Crippen LogP contribution in [0.25, 0.3) is 0 Å². The molecule has 0 fully saturated rings. The molecule has 1 N–H and O–H groups in total. The van der Waals surface area contributed by atoms with Gasteiger partial charge in [-0.05, 0) is 43.5 Å². The fraction of sp³-hybridized carbons (Fsp3) is 0.391. The van der Waals surface area contributed by atoms with Crippen molar-refractivity contribution >= 4 is 27.5 Å². The first kappa shape index (κ1) is 26.2.